The number of benzene rings is 1. The van der Waals surface area contributed by atoms with Gasteiger partial charge in [-0.15, -0.1) is 0 Å². The van der Waals surface area contributed by atoms with Crippen molar-refractivity contribution in [2.24, 2.45) is 0 Å². The van der Waals surface area contributed by atoms with Crippen LogP contribution in [0, 0.1) is 13.8 Å². The summed E-state index contributed by atoms with van der Waals surface area (Å²) in [7, 11) is 0. The number of esters is 1. The van der Waals surface area contributed by atoms with Gasteiger partial charge in [0.05, 0.1) is 6.42 Å². The lowest BCUT2D eigenvalue weighted by molar-refractivity contribution is -0.131. The predicted molar refractivity (Wildman–Crippen MR) is 53.0 cm³/mol. The summed E-state index contributed by atoms with van der Waals surface area (Å²) in [6, 6.07) is 2.00. The summed E-state index contributed by atoms with van der Waals surface area (Å²) in [6.45, 7) is 3.97. The summed E-state index contributed by atoms with van der Waals surface area (Å²) < 4.78 is 6.13. The molecule has 2 rings (SSSR count). The highest BCUT2D eigenvalue weighted by atomic mass is 79.9. The zero-order valence-corrected chi connectivity index (χ0v) is 9.06. The first-order chi connectivity index (χ1) is 6.09. The van der Waals surface area contributed by atoms with E-state index < -0.39 is 0 Å². The monoisotopic (exact) mass is 240 g/mol. The quantitative estimate of drug-likeness (QED) is 0.515. The maximum Gasteiger partial charge on any atom is 0.315 e. The Morgan fingerprint density at radius 2 is 2.15 bits per heavy atom. The molecular formula is C10H9BrO2. The second kappa shape index (κ2) is 2.84. The average Bonchev–Trinajstić information content (AvgIpc) is 2.42. The van der Waals surface area contributed by atoms with Crippen LogP contribution in [0.15, 0.2) is 10.5 Å². The fraction of sp³-hybridized carbons (Fsp3) is 0.300. The molecule has 0 spiro atoms. The second-order valence-corrected chi connectivity index (χ2v) is 4.06. The second-order valence-electron chi connectivity index (χ2n) is 3.27. The molecule has 0 amide bonds. The molecule has 1 aromatic rings. The smallest absolute Gasteiger partial charge is 0.315 e. The fourth-order valence-electron chi connectivity index (χ4n) is 1.61. The van der Waals surface area contributed by atoms with E-state index in [1.165, 1.54) is 0 Å². The van der Waals surface area contributed by atoms with E-state index in [1.807, 2.05) is 19.9 Å². The zero-order valence-electron chi connectivity index (χ0n) is 7.48. The molecule has 0 aromatic heterocycles. The number of carbonyl (C=O) groups excluding carboxylic acids is 1. The summed E-state index contributed by atoms with van der Waals surface area (Å²) in [5.41, 5.74) is 3.17. The number of carbonyl (C=O) groups is 1. The normalized spacial score (nSPS) is 14.2. The minimum Gasteiger partial charge on any atom is -0.426 e. The van der Waals surface area contributed by atoms with Crippen LogP contribution in [0.1, 0.15) is 16.7 Å². The molecule has 0 aliphatic carbocycles. The largest absolute Gasteiger partial charge is 0.426 e. The summed E-state index contributed by atoms with van der Waals surface area (Å²) in [5, 5.41) is 0. The van der Waals surface area contributed by atoms with E-state index in [0.717, 1.165) is 26.9 Å². The number of hydrogen-bond acceptors (Lipinski definition) is 2. The number of fused-ring (bicyclic) bond motifs is 1. The van der Waals surface area contributed by atoms with Gasteiger partial charge >= 0.3 is 5.97 Å². The molecule has 0 bridgehead atoms. The van der Waals surface area contributed by atoms with Crippen molar-refractivity contribution in [3.8, 4) is 5.75 Å². The van der Waals surface area contributed by atoms with Crippen molar-refractivity contribution in [1.82, 2.24) is 0 Å². The van der Waals surface area contributed by atoms with Gasteiger partial charge in [0.2, 0.25) is 0 Å². The van der Waals surface area contributed by atoms with Crippen molar-refractivity contribution in [2.75, 3.05) is 0 Å². The fourth-order valence-corrected chi connectivity index (χ4v) is 1.90. The highest BCUT2D eigenvalue weighted by molar-refractivity contribution is 9.10. The van der Waals surface area contributed by atoms with E-state index in [2.05, 4.69) is 15.9 Å². The van der Waals surface area contributed by atoms with Gasteiger partial charge in [-0.3, -0.25) is 4.79 Å². The predicted octanol–water partition coefficient (Wildman–Crippen LogP) is 2.53. The zero-order chi connectivity index (χ0) is 9.59. The Morgan fingerprint density at radius 3 is 2.85 bits per heavy atom. The molecule has 0 saturated heterocycles. The molecule has 0 N–H and O–H groups in total. The Morgan fingerprint density at radius 1 is 1.46 bits per heavy atom. The maximum absolute atomic E-state index is 11.0. The summed E-state index contributed by atoms with van der Waals surface area (Å²) in [5.74, 6) is 0.582. The number of ether oxygens (including phenoxy) is 1. The van der Waals surface area contributed by atoms with Crippen LogP contribution in [0.25, 0.3) is 0 Å². The van der Waals surface area contributed by atoms with Crippen LogP contribution in [0.3, 0.4) is 0 Å². The lowest BCUT2D eigenvalue weighted by Crippen LogP contribution is -2.00. The van der Waals surface area contributed by atoms with Gasteiger partial charge in [-0.1, -0.05) is 22.0 Å². The molecule has 0 fully saturated rings. The van der Waals surface area contributed by atoms with Crippen molar-refractivity contribution in [3.05, 3.63) is 27.2 Å². The van der Waals surface area contributed by atoms with E-state index in [4.69, 9.17) is 4.74 Å². The molecule has 1 aliphatic rings. The van der Waals surface area contributed by atoms with Crippen molar-refractivity contribution in [3.63, 3.8) is 0 Å². The molecule has 0 saturated carbocycles. The van der Waals surface area contributed by atoms with E-state index in [-0.39, 0.29) is 5.97 Å². The van der Waals surface area contributed by atoms with Crippen molar-refractivity contribution in [2.45, 2.75) is 20.3 Å². The van der Waals surface area contributed by atoms with Gasteiger partial charge in [0, 0.05) is 15.6 Å². The van der Waals surface area contributed by atoms with Gasteiger partial charge in [-0.2, -0.15) is 0 Å². The van der Waals surface area contributed by atoms with Crippen LogP contribution in [0.5, 0.6) is 5.75 Å². The van der Waals surface area contributed by atoms with Gasteiger partial charge in [0.1, 0.15) is 5.75 Å². The maximum atomic E-state index is 11.0. The van der Waals surface area contributed by atoms with Crippen molar-refractivity contribution in [1.29, 1.82) is 0 Å². The van der Waals surface area contributed by atoms with Crippen molar-refractivity contribution < 1.29 is 9.53 Å². The third-order valence-electron chi connectivity index (χ3n) is 2.25. The van der Waals surface area contributed by atoms with Crippen LogP contribution in [0.4, 0.5) is 0 Å². The number of aryl methyl sites for hydroxylation is 1. The molecule has 0 radical (unpaired) electrons. The lowest BCUT2D eigenvalue weighted by atomic mass is 10.1. The highest BCUT2D eigenvalue weighted by Crippen LogP contribution is 2.36. The van der Waals surface area contributed by atoms with E-state index >= 15 is 0 Å². The minimum atomic E-state index is -0.157. The number of halogens is 1. The third kappa shape index (κ3) is 1.27. The van der Waals surface area contributed by atoms with E-state index in [9.17, 15) is 4.79 Å². The van der Waals surface area contributed by atoms with Crippen LogP contribution in [-0.4, -0.2) is 5.97 Å². The Balaban J connectivity index is 2.66. The third-order valence-corrected chi connectivity index (χ3v) is 3.47. The van der Waals surface area contributed by atoms with Gasteiger partial charge < -0.3 is 4.74 Å². The van der Waals surface area contributed by atoms with Crippen LogP contribution in [0.2, 0.25) is 0 Å². The Kier molecular flexibility index (Phi) is 1.91. The molecule has 0 atom stereocenters. The van der Waals surface area contributed by atoms with Gasteiger partial charge in [-0.25, -0.2) is 0 Å². The minimum absolute atomic E-state index is 0.157. The Bertz CT molecular complexity index is 396. The summed E-state index contributed by atoms with van der Waals surface area (Å²) >= 11 is 3.46. The Hall–Kier alpha value is -0.830. The summed E-state index contributed by atoms with van der Waals surface area (Å²) in [4.78, 5) is 11.0. The summed E-state index contributed by atoms with van der Waals surface area (Å²) in [6.07, 6.45) is 0.407. The van der Waals surface area contributed by atoms with Gasteiger partial charge in [0.25, 0.3) is 0 Å². The van der Waals surface area contributed by atoms with Crippen LogP contribution < -0.4 is 4.74 Å². The van der Waals surface area contributed by atoms with Crippen LogP contribution in [-0.2, 0) is 11.2 Å². The molecule has 13 heavy (non-hydrogen) atoms. The molecule has 68 valence electrons. The van der Waals surface area contributed by atoms with E-state index in [0.29, 0.717) is 6.42 Å². The molecule has 0 unspecified atom stereocenters. The average molecular weight is 241 g/mol. The molecule has 1 heterocycles. The first-order valence-corrected chi connectivity index (χ1v) is 4.88. The standard InChI is InChI=1S/C10H9BrO2/c1-5-3-7-4-8(12)13-10(7)6(2)9(5)11/h3H,4H2,1-2H3. The van der Waals surface area contributed by atoms with Crippen LogP contribution >= 0.6 is 15.9 Å². The lowest BCUT2D eigenvalue weighted by Gasteiger charge is -2.07. The molecule has 1 aliphatic heterocycles. The SMILES string of the molecule is Cc1cc2c(c(C)c1Br)OC(=O)C2. The highest BCUT2D eigenvalue weighted by Gasteiger charge is 2.24. The number of rotatable bonds is 0. The van der Waals surface area contributed by atoms with E-state index in [1.54, 1.807) is 0 Å². The first kappa shape index (κ1) is 8.75. The molecule has 1 aromatic carbocycles. The molecule has 2 nitrogen and oxygen atoms in total. The topological polar surface area (TPSA) is 26.3 Å². The molecule has 3 heteroatoms. The first-order valence-electron chi connectivity index (χ1n) is 4.09. The Labute approximate surface area is 85.0 Å². The van der Waals surface area contributed by atoms with Gasteiger partial charge in [-0.05, 0) is 19.4 Å². The molecular weight excluding hydrogens is 232 g/mol. The van der Waals surface area contributed by atoms with Gasteiger partial charge in [0.15, 0.2) is 0 Å². The van der Waals surface area contributed by atoms with Crippen molar-refractivity contribution >= 4 is 21.9 Å². The number of hydrogen-bond donors (Lipinski definition) is 0.